The van der Waals surface area contributed by atoms with Crippen molar-refractivity contribution in [3.05, 3.63) is 24.3 Å². The fourth-order valence-electron chi connectivity index (χ4n) is 1.63. The number of hydrogen-bond donors (Lipinski definition) is 1. The molecule has 1 atom stereocenters. The average molecular weight is 236 g/mol. The highest BCUT2D eigenvalue weighted by Gasteiger charge is 2.18. The monoisotopic (exact) mass is 236 g/mol. The molecule has 0 heterocycles. The van der Waals surface area contributed by atoms with Crippen LogP contribution in [0.5, 0.6) is 5.75 Å². The standard InChI is InChI=1S/C13H20N2O2/c1-4-6-12(14)13(16)15(2)10-7-5-8-11(9-10)17-3/h5,7-9,12H,4,6,14H2,1-3H3/t12-/m0/s1. The van der Waals surface area contributed by atoms with Gasteiger partial charge in [0.15, 0.2) is 0 Å². The number of carbonyl (C=O) groups excluding carboxylic acids is 1. The summed E-state index contributed by atoms with van der Waals surface area (Å²) in [5.41, 5.74) is 6.61. The van der Waals surface area contributed by atoms with Crippen molar-refractivity contribution in [2.45, 2.75) is 25.8 Å². The van der Waals surface area contributed by atoms with Gasteiger partial charge in [-0.3, -0.25) is 4.79 Å². The van der Waals surface area contributed by atoms with Gasteiger partial charge < -0.3 is 15.4 Å². The molecule has 0 saturated heterocycles. The predicted molar refractivity (Wildman–Crippen MR) is 69.3 cm³/mol. The first-order valence-electron chi connectivity index (χ1n) is 5.77. The summed E-state index contributed by atoms with van der Waals surface area (Å²) in [6.45, 7) is 2.01. The molecule has 1 rings (SSSR count). The molecule has 0 unspecified atom stereocenters. The minimum Gasteiger partial charge on any atom is -0.497 e. The summed E-state index contributed by atoms with van der Waals surface area (Å²) >= 11 is 0. The number of amides is 1. The van der Waals surface area contributed by atoms with Crippen LogP contribution >= 0.6 is 0 Å². The molecular formula is C13H20N2O2. The normalized spacial score (nSPS) is 12.0. The molecule has 1 aromatic carbocycles. The van der Waals surface area contributed by atoms with E-state index in [2.05, 4.69) is 0 Å². The second-order valence-corrected chi connectivity index (χ2v) is 3.99. The Morgan fingerprint density at radius 1 is 1.53 bits per heavy atom. The van der Waals surface area contributed by atoms with Crippen molar-refractivity contribution >= 4 is 11.6 Å². The average Bonchev–Trinajstić information content (AvgIpc) is 2.37. The molecule has 0 radical (unpaired) electrons. The zero-order valence-corrected chi connectivity index (χ0v) is 10.6. The van der Waals surface area contributed by atoms with Crippen LogP contribution in [0.3, 0.4) is 0 Å². The van der Waals surface area contributed by atoms with Crippen molar-refractivity contribution < 1.29 is 9.53 Å². The molecule has 0 aliphatic rings. The Morgan fingerprint density at radius 2 is 2.24 bits per heavy atom. The van der Waals surface area contributed by atoms with E-state index in [1.807, 2.05) is 31.2 Å². The summed E-state index contributed by atoms with van der Waals surface area (Å²) in [6, 6.07) is 6.93. The van der Waals surface area contributed by atoms with E-state index in [1.54, 1.807) is 19.1 Å². The van der Waals surface area contributed by atoms with E-state index in [0.717, 1.165) is 17.9 Å². The third-order valence-electron chi connectivity index (χ3n) is 2.69. The van der Waals surface area contributed by atoms with E-state index in [4.69, 9.17) is 10.5 Å². The lowest BCUT2D eigenvalue weighted by Gasteiger charge is -2.21. The maximum absolute atomic E-state index is 12.0. The minimum absolute atomic E-state index is 0.0693. The number of ether oxygens (including phenoxy) is 1. The van der Waals surface area contributed by atoms with Gasteiger partial charge in [0.05, 0.1) is 13.2 Å². The van der Waals surface area contributed by atoms with Gasteiger partial charge >= 0.3 is 0 Å². The van der Waals surface area contributed by atoms with Gasteiger partial charge in [-0.05, 0) is 18.6 Å². The van der Waals surface area contributed by atoms with E-state index >= 15 is 0 Å². The molecule has 1 aromatic rings. The first-order valence-corrected chi connectivity index (χ1v) is 5.77. The molecule has 0 aliphatic carbocycles. The summed E-state index contributed by atoms with van der Waals surface area (Å²) < 4.78 is 5.12. The van der Waals surface area contributed by atoms with Gasteiger partial charge in [-0.15, -0.1) is 0 Å². The Hall–Kier alpha value is -1.55. The highest BCUT2D eigenvalue weighted by atomic mass is 16.5. The van der Waals surface area contributed by atoms with Gasteiger partial charge in [-0.1, -0.05) is 19.4 Å². The van der Waals surface area contributed by atoms with Gasteiger partial charge in [0, 0.05) is 18.8 Å². The molecule has 4 heteroatoms. The van der Waals surface area contributed by atoms with Crippen LogP contribution in [0, 0.1) is 0 Å². The van der Waals surface area contributed by atoms with Gasteiger partial charge in [0.2, 0.25) is 5.91 Å². The molecule has 4 nitrogen and oxygen atoms in total. The molecule has 0 saturated carbocycles. The Kier molecular flexibility index (Phi) is 4.97. The Balaban J connectivity index is 2.80. The van der Waals surface area contributed by atoms with Gasteiger partial charge in [0.1, 0.15) is 5.75 Å². The number of nitrogens with two attached hydrogens (primary N) is 1. The third-order valence-corrected chi connectivity index (χ3v) is 2.69. The number of nitrogens with zero attached hydrogens (tertiary/aromatic N) is 1. The first kappa shape index (κ1) is 13.5. The predicted octanol–water partition coefficient (Wildman–Crippen LogP) is 1.79. The largest absolute Gasteiger partial charge is 0.497 e. The van der Waals surface area contributed by atoms with Crippen molar-refractivity contribution in [1.82, 2.24) is 0 Å². The summed E-state index contributed by atoms with van der Waals surface area (Å²) in [5, 5.41) is 0. The summed E-state index contributed by atoms with van der Waals surface area (Å²) in [4.78, 5) is 13.6. The van der Waals surface area contributed by atoms with Crippen molar-refractivity contribution in [2.24, 2.45) is 5.73 Å². The lowest BCUT2D eigenvalue weighted by molar-refractivity contribution is -0.119. The van der Waals surface area contributed by atoms with Gasteiger partial charge in [0.25, 0.3) is 0 Å². The Morgan fingerprint density at radius 3 is 2.82 bits per heavy atom. The van der Waals surface area contributed by atoms with E-state index < -0.39 is 6.04 Å². The highest BCUT2D eigenvalue weighted by Crippen LogP contribution is 2.20. The zero-order chi connectivity index (χ0) is 12.8. The van der Waals surface area contributed by atoms with Crippen LogP contribution in [0.15, 0.2) is 24.3 Å². The number of benzene rings is 1. The lowest BCUT2D eigenvalue weighted by Crippen LogP contribution is -2.41. The van der Waals surface area contributed by atoms with E-state index in [1.165, 1.54) is 0 Å². The smallest absolute Gasteiger partial charge is 0.243 e. The molecule has 2 N–H and O–H groups in total. The van der Waals surface area contributed by atoms with Crippen LogP contribution in [-0.4, -0.2) is 26.1 Å². The highest BCUT2D eigenvalue weighted by molar-refractivity contribution is 5.96. The second-order valence-electron chi connectivity index (χ2n) is 3.99. The van der Waals surface area contributed by atoms with Crippen molar-refractivity contribution in [1.29, 1.82) is 0 Å². The topological polar surface area (TPSA) is 55.6 Å². The van der Waals surface area contributed by atoms with E-state index in [0.29, 0.717) is 6.42 Å². The molecule has 1 amide bonds. The molecule has 0 aromatic heterocycles. The number of carbonyl (C=O) groups is 1. The quantitative estimate of drug-likeness (QED) is 0.848. The lowest BCUT2D eigenvalue weighted by atomic mass is 10.1. The molecule has 17 heavy (non-hydrogen) atoms. The van der Waals surface area contributed by atoms with Gasteiger partial charge in [-0.25, -0.2) is 0 Å². The summed E-state index contributed by atoms with van der Waals surface area (Å²) in [5.74, 6) is 0.659. The molecule has 0 spiro atoms. The number of methoxy groups -OCH3 is 1. The fourth-order valence-corrected chi connectivity index (χ4v) is 1.63. The van der Waals surface area contributed by atoms with Crippen molar-refractivity contribution in [3.8, 4) is 5.75 Å². The number of likely N-dealkylation sites (N-methyl/N-ethyl adjacent to an activating group) is 1. The first-order chi connectivity index (χ1) is 8.10. The zero-order valence-electron chi connectivity index (χ0n) is 10.6. The fraction of sp³-hybridized carbons (Fsp3) is 0.462. The van der Waals surface area contributed by atoms with Crippen LogP contribution in [0.2, 0.25) is 0 Å². The SMILES string of the molecule is CCC[C@H](N)C(=O)N(C)c1cccc(OC)c1. The molecule has 94 valence electrons. The Bertz CT molecular complexity index is 379. The second kappa shape index (κ2) is 6.25. The maximum Gasteiger partial charge on any atom is 0.243 e. The van der Waals surface area contributed by atoms with Crippen LogP contribution < -0.4 is 15.4 Å². The molecule has 0 aliphatic heterocycles. The number of hydrogen-bond acceptors (Lipinski definition) is 3. The van der Waals surface area contributed by atoms with E-state index in [-0.39, 0.29) is 5.91 Å². The summed E-state index contributed by atoms with van der Waals surface area (Å²) in [6.07, 6.45) is 1.60. The van der Waals surface area contributed by atoms with Crippen LogP contribution in [0.4, 0.5) is 5.69 Å². The van der Waals surface area contributed by atoms with E-state index in [9.17, 15) is 4.79 Å². The van der Waals surface area contributed by atoms with Crippen LogP contribution in [0.1, 0.15) is 19.8 Å². The van der Waals surface area contributed by atoms with Gasteiger partial charge in [-0.2, -0.15) is 0 Å². The molecule has 0 fully saturated rings. The minimum atomic E-state index is -0.434. The van der Waals surface area contributed by atoms with Crippen molar-refractivity contribution in [3.63, 3.8) is 0 Å². The third kappa shape index (κ3) is 3.46. The maximum atomic E-state index is 12.0. The number of anilines is 1. The Labute approximate surface area is 102 Å². The van der Waals surface area contributed by atoms with Crippen molar-refractivity contribution in [2.75, 3.05) is 19.1 Å². The van der Waals surface area contributed by atoms with Crippen LogP contribution in [-0.2, 0) is 4.79 Å². The molecular weight excluding hydrogens is 216 g/mol. The summed E-state index contributed by atoms with van der Waals surface area (Å²) in [7, 11) is 3.33. The number of rotatable bonds is 5. The molecule has 0 bridgehead atoms. The van der Waals surface area contributed by atoms with Crippen LogP contribution in [0.25, 0.3) is 0 Å².